The van der Waals surface area contributed by atoms with Crippen LogP contribution in [0.2, 0.25) is 0 Å². The highest BCUT2D eigenvalue weighted by Gasteiger charge is 2.00. The second-order valence-electron chi connectivity index (χ2n) is 1.96. The molecule has 0 aliphatic carbocycles. The average molecular weight is 178 g/mol. The van der Waals surface area contributed by atoms with Crippen LogP contribution in [0.3, 0.4) is 0 Å². The van der Waals surface area contributed by atoms with E-state index >= 15 is 0 Å². The highest BCUT2D eigenvalue weighted by molar-refractivity contribution is 7.78. The highest BCUT2D eigenvalue weighted by atomic mass is 32.1. The molecule has 0 atom stereocenters. The summed E-state index contributed by atoms with van der Waals surface area (Å²) in [5.41, 5.74) is 1.51. The Hall–Kier alpha value is -1.42. The van der Waals surface area contributed by atoms with Gasteiger partial charge in [0.2, 0.25) is 5.78 Å². The minimum Gasteiger partial charge on any atom is -0.286 e. The fourth-order valence-corrected chi connectivity index (χ4v) is 0.734. The number of aliphatic imine (C=N–C) groups is 1. The Morgan fingerprint density at radius 3 is 3.00 bits per heavy atom. The number of hydrogen-bond donors (Lipinski definition) is 0. The van der Waals surface area contributed by atoms with Gasteiger partial charge in [-0.1, -0.05) is 18.3 Å². The van der Waals surface area contributed by atoms with E-state index in [1.54, 1.807) is 24.4 Å². The van der Waals surface area contributed by atoms with E-state index in [-0.39, 0.29) is 5.78 Å². The number of thiocarbonyl (C=S) groups is 1. The van der Waals surface area contributed by atoms with Crippen molar-refractivity contribution in [3.63, 3.8) is 0 Å². The van der Waals surface area contributed by atoms with Crippen molar-refractivity contribution in [1.29, 1.82) is 0 Å². The van der Waals surface area contributed by atoms with Crippen molar-refractivity contribution in [2.75, 3.05) is 0 Å². The molecular formula is C8H6N2OS. The Kier molecular flexibility index (Phi) is 3.22. The standard InChI is InChI=1S/C8H6N2OS/c11-8(5-9-6-12)7-3-1-2-4-10-7/h1-6H. The zero-order chi connectivity index (χ0) is 8.81. The van der Waals surface area contributed by atoms with Crippen LogP contribution in [0, 0.1) is 0 Å². The van der Waals surface area contributed by atoms with Crippen LogP contribution in [0.15, 0.2) is 29.4 Å². The van der Waals surface area contributed by atoms with Gasteiger partial charge in [-0.2, -0.15) is 0 Å². The van der Waals surface area contributed by atoms with Crippen LogP contribution >= 0.6 is 12.2 Å². The number of rotatable bonds is 3. The maximum Gasteiger partial charge on any atom is 0.222 e. The fourth-order valence-electron chi connectivity index (χ4n) is 0.673. The molecule has 1 aromatic heterocycles. The number of ketones is 1. The molecule has 0 aliphatic rings. The number of hydrogen-bond acceptors (Lipinski definition) is 3. The Morgan fingerprint density at radius 2 is 2.42 bits per heavy atom. The molecule has 12 heavy (non-hydrogen) atoms. The molecule has 0 radical (unpaired) electrons. The van der Waals surface area contributed by atoms with Gasteiger partial charge in [0.15, 0.2) is 0 Å². The van der Waals surface area contributed by atoms with Crippen LogP contribution in [0.5, 0.6) is 0 Å². The summed E-state index contributed by atoms with van der Waals surface area (Å²) >= 11 is 4.42. The Labute approximate surface area is 75.2 Å². The number of carbonyl (C=O) groups excluding carboxylic acids is 1. The lowest BCUT2D eigenvalue weighted by atomic mass is 10.3. The number of pyridine rings is 1. The Bertz CT molecular complexity index is 308. The van der Waals surface area contributed by atoms with Crippen molar-refractivity contribution in [3.8, 4) is 0 Å². The first-order chi connectivity index (χ1) is 5.84. The van der Waals surface area contributed by atoms with E-state index in [1.165, 1.54) is 0 Å². The third kappa shape index (κ3) is 2.32. The molecule has 0 saturated carbocycles. The third-order valence-corrected chi connectivity index (χ3v) is 1.29. The predicted octanol–water partition coefficient (Wildman–Crippen LogP) is 1.29. The zero-order valence-electron chi connectivity index (χ0n) is 6.18. The summed E-state index contributed by atoms with van der Waals surface area (Å²) in [7, 11) is 0. The van der Waals surface area contributed by atoms with E-state index < -0.39 is 0 Å². The van der Waals surface area contributed by atoms with Gasteiger partial charge in [-0.15, -0.1) is 0 Å². The molecule has 0 spiro atoms. The first kappa shape index (κ1) is 8.67. The lowest BCUT2D eigenvalue weighted by Crippen LogP contribution is -2.02. The van der Waals surface area contributed by atoms with Crippen LogP contribution in [0.4, 0.5) is 0 Å². The van der Waals surface area contributed by atoms with Crippen molar-refractivity contribution >= 4 is 29.7 Å². The number of aromatic nitrogens is 1. The van der Waals surface area contributed by atoms with Crippen LogP contribution in [0.1, 0.15) is 10.5 Å². The minimum absolute atomic E-state index is 0.239. The molecule has 0 aliphatic heterocycles. The van der Waals surface area contributed by atoms with E-state index in [4.69, 9.17) is 0 Å². The average Bonchev–Trinajstić information content (AvgIpc) is 2.15. The number of nitrogens with zero attached hydrogens (tertiary/aromatic N) is 2. The van der Waals surface area contributed by atoms with Gasteiger partial charge < -0.3 is 0 Å². The van der Waals surface area contributed by atoms with Crippen molar-refractivity contribution in [2.24, 2.45) is 4.99 Å². The van der Waals surface area contributed by atoms with Crippen LogP contribution in [-0.4, -0.2) is 22.5 Å². The van der Waals surface area contributed by atoms with Gasteiger partial charge in [0, 0.05) is 6.20 Å². The molecule has 4 heteroatoms. The smallest absolute Gasteiger partial charge is 0.222 e. The highest BCUT2D eigenvalue weighted by Crippen LogP contribution is 1.92. The summed E-state index contributed by atoms with van der Waals surface area (Å²) in [5, 5.41) is 0. The van der Waals surface area contributed by atoms with Gasteiger partial charge in [0.25, 0.3) is 0 Å². The molecule has 1 heterocycles. The molecule has 0 saturated heterocycles. The molecule has 1 aromatic rings. The third-order valence-electron chi connectivity index (χ3n) is 1.17. The number of carbonyl (C=O) groups is 1. The van der Waals surface area contributed by atoms with Gasteiger partial charge in [0.05, 0.1) is 11.7 Å². The monoisotopic (exact) mass is 178 g/mol. The predicted molar refractivity (Wildman–Crippen MR) is 50.7 cm³/mol. The van der Waals surface area contributed by atoms with Crippen molar-refractivity contribution < 1.29 is 4.79 Å². The van der Waals surface area contributed by atoms with Crippen molar-refractivity contribution in [2.45, 2.75) is 0 Å². The van der Waals surface area contributed by atoms with Gasteiger partial charge in [-0.3, -0.25) is 9.78 Å². The van der Waals surface area contributed by atoms with Gasteiger partial charge >= 0.3 is 0 Å². The molecule has 0 unspecified atom stereocenters. The maximum atomic E-state index is 11.1. The van der Waals surface area contributed by atoms with E-state index in [9.17, 15) is 4.79 Å². The summed E-state index contributed by atoms with van der Waals surface area (Å²) in [6.45, 7) is 0. The molecule has 0 fully saturated rings. The molecule has 0 bridgehead atoms. The quantitative estimate of drug-likeness (QED) is 0.398. The molecule has 0 aromatic carbocycles. The number of Topliss-reactive ketones (excluding diaryl/α,β-unsaturated/α-hetero) is 1. The summed E-state index contributed by atoms with van der Waals surface area (Å²) in [6.07, 6.45) is 2.70. The summed E-state index contributed by atoms with van der Waals surface area (Å²) < 4.78 is 0. The van der Waals surface area contributed by atoms with E-state index in [0.29, 0.717) is 5.69 Å². The zero-order valence-corrected chi connectivity index (χ0v) is 6.99. The summed E-state index contributed by atoms with van der Waals surface area (Å²) in [5.74, 6) is -0.239. The SMILES string of the molecule is O=C(C=NC=S)c1ccccn1. The minimum atomic E-state index is -0.239. The maximum absolute atomic E-state index is 11.1. The lowest BCUT2D eigenvalue weighted by molar-refractivity contribution is 0.106. The molecule has 3 nitrogen and oxygen atoms in total. The first-order valence-electron chi connectivity index (χ1n) is 3.27. The summed E-state index contributed by atoms with van der Waals surface area (Å²) in [6, 6.07) is 5.11. The molecular weight excluding hydrogens is 172 g/mol. The largest absolute Gasteiger partial charge is 0.286 e. The Morgan fingerprint density at radius 1 is 1.58 bits per heavy atom. The molecule has 0 N–H and O–H groups in total. The van der Waals surface area contributed by atoms with Crippen molar-refractivity contribution in [3.05, 3.63) is 30.1 Å². The van der Waals surface area contributed by atoms with Gasteiger partial charge in [-0.25, -0.2) is 4.99 Å². The van der Waals surface area contributed by atoms with Crippen molar-refractivity contribution in [1.82, 2.24) is 4.98 Å². The molecule has 0 amide bonds. The van der Waals surface area contributed by atoms with E-state index in [0.717, 1.165) is 11.7 Å². The Balaban J connectivity index is 2.79. The second-order valence-corrected chi connectivity index (χ2v) is 2.17. The molecule has 60 valence electrons. The van der Waals surface area contributed by atoms with E-state index in [1.807, 2.05) is 0 Å². The normalized spacial score (nSPS) is 10.0. The van der Waals surface area contributed by atoms with Gasteiger partial charge in [0.1, 0.15) is 5.69 Å². The fraction of sp³-hybridized carbons (Fsp3) is 0. The lowest BCUT2D eigenvalue weighted by Gasteiger charge is -1.90. The van der Waals surface area contributed by atoms with Crippen LogP contribution < -0.4 is 0 Å². The second kappa shape index (κ2) is 4.46. The summed E-state index contributed by atoms with van der Waals surface area (Å²) in [4.78, 5) is 18.5. The van der Waals surface area contributed by atoms with Crippen LogP contribution in [0.25, 0.3) is 0 Å². The topological polar surface area (TPSA) is 42.3 Å². The molecule has 1 rings (SSSR count). The first-order valence-corrected chi connectivity index (χ1v) is 3.74. The van der Waals surface area contributed by atoms with Gasteiger partial charge in [-0.05, 0) is 12.1 Å². The van der Waals surface area contributed by atoms with Crippen LogP contribution in [-0.2, 0) is 0 Å². The van der Waals surface area contributed by atoms with E-state index in [2.05, 4.69) is 22.2 Å².